The molecule has 18 heavy (non-hydrogen) atoms. The average molecular weight is 239 g/mol. The number of carbonyl (C=O) groups is 1. The third-order valence-electron chi connectivity index (χ3n) is 4.45. The van der Waals surface area contributed by atoms with Gasteiger partial charge in [-0.15, -0.1) is 0 Å². The SMILES string of the molecule is O=C1CCCCc2c1c1cccc3c1n2CCC3. The first-order chi connectivity index (χ1) is 8.86. The Bertz CT molecular complexity index is 651. The Balaban J connectivity index is 2.14. The number of aromatic nitrogens is 1. The summed E-state index contributed by atoms with van der Waals surface area (Å²) in [5.41, 5.74) is 5.15. The first-order valence-electron chi connectivity index (χ1n) is 7.02. The topological polar surface area (TPSA) is 22.0 Å². The first-order valence-corrected chi connectivity index (χ1v) is 7.02. The molecule has 2 aliphatic rings. The zero-order valence-corrected chi connectivity index (χ0v) is 10.5. The molecule has 2 heterocycles. The van der Waals surface area contributed by atoms with Crippen LogP contribution in [0, 0.1) is 0 Å². The summed E-state index contributed by atoms with van der Waals surface area (Å²) in [5, 5.41) is 1.22. The van der Waals surface area contributed by atoms with Crippen molar-refractivity contribution in [3.05, 3.63) is 35.0 Å². The fourth-order valence-electron chi connectivity index (χ4n) is 3.69. The minimum Gasteiger partial charge on any atom is -0.344 e. The molecule has 1 aliphatic heterocycles. The van der Waals surface area contributed by atoms with Gasteiger partial charge in [0.15, 0.2) is 5.78 Å². The van der Waals surface area contributed by atoms with Crippen molar-refractivity contribution in [3.8, 4) is 0 Å². The normalized spacial score (nSPS) is 18.8. The summed E-state index contributed by atoms with van der Waals surface area (Å²) in [6.45, 7) is 1.09. The molecular weight excluding hydrogens is 222 g/mol. The summed E-state index contributed by atoms with van der Waals surface area (Å²) in [7, 11) is 0. The summed E-state index contributed by atoms with van der Waals surface area (Å²) in [5.74, 6) is 0.366. The fourth-order valence-corrected chi connectivity index (χ4v) is 3.69. The summed E-state index contributed by atoms with van der Waals surface area (Å²) in [6.07, 6.45) is 6.39. The van der Waals surface area contributed by atoms with Gasteiger partial charge in [-0.2, -0.15) is 0 Å². The summed E-state index contributed by atoms with van der Waals surface area (Å²) >= 11 is 0. The molecule has 0 bridgehead atoms. The maximum absolute atomic E-state index is 12.4. The van der Waals surface area contributed by atoms with E-state index in [0.717, 1.165) is 44.2 Å². The van der Waals surface area contributed by atoms with Crippen molar-refractivity contribution in [1.29, 1.82) is 0 Å². The van der Waals surface area contributed by atoms with E-state index in [1.165, 1.54) is 28.6 Å². The number of fused-ring (bicyclic) bond motifs is 3. The lowest BCUT2D eigenvalue weighted by Gasteiger charge is -2.17. The van der Waals surface area contributed by atoms with E-state index < -0.39 is 0 Å². The number of hydrogen-bond donors (Lipinski definition) is 0. The second-order valence-corrected chi connectivity index (χ2v) is 5.52. The van der Waals surface area contributed by atoms with Crippen LogP contribution in [0.15, 0.2) is 18.2 Å². The number of aryl methyl sites for hydroxylation is 2. The lowest BCUT2D eigenvalue weighted by atomic mass is 10.0. The van der Waals surface area contributed by atoms with Crippen LogP contribution in [0.4, 0.5) is 0 Å². The third kappa shape index (κ3) is 1.26. The lowest BCUT2D eigenvalue weighted by Crippen LogP contribution is -2.10. The van der Waals surface area contributed by atoms with E-state index in [4.69, 9.17) is 0 Å². The minimum absolute atomic E-state index is 0.366. The van der Waals surface area contributed by atoms with E-state index in [-0.39, 0.29) is 0 Å². The molecule has 0 unspecified atom stereocenters. The van der Waals surface area contributed by atoms with Gasteiger partial charge in [-0.1, -0.05) is 18.2 Å². The van der Waals surface area contributed by atoms with E-state index in [1.807, 2.05) is 0 Å². The number of para-hydroxylation sites is 1. The van der Waals surface area contributed by atoms with Crippen molar-refractivity contribution in [2.24, 2.45) is 0 Å². The van der Waals surface area contributed by atoms with Gasteiger partial charge in [0.2, 0.25) is 0 Å². The quantitative estimate of drug-likeness (QED) is 0.645. The van der Waals surface area contributed by atoms with Crippen LogP contribution < -0.4 is 0 Å². The molecule has 0 saturated carbocycles. The molecule has 0 amide bonds. The number of nitrogens with zero attached hydrogens (tertiary/aromatic N) is 1. The zero-order valence-electron chi connectivity index (χ0n) is 10.5. The lowest BCUT2D eigenvalue weighted by molar-refractivity contribution is 0.0983. The fraction of sp³-hybridized carbons (Fsp3) is 0.438. The molecule has 2 aromatic rings. The van der Waals surface area contributed by atoms with E-state index in [0.29, 0.717) is 5.78 Å². The van der Waals surface area contributed by atoms with Crippen LogP contribution in [0.25, 0.3) is 10.9 Å². The van der Waals surface area contributed by atoms with Gasteiger partial charge in [0.1, 0.15) is 0 Å². The predicted octanol–water partition coefficient (Wildman–Crippen LogP) is 3.50. The van der Waals surface area contributed by atoms with Gasteiger partial charge in [-0.25, -0.2) is 0 Å². The Morgan fingerprint density at radius 2 is 1.89 bits per heavy atom. The number of rotatable bonds is 0. The Morgan fingerprint density at radius 3 is 2.83 bits per heavy atom. The highest BCUT2D eigenvalue weighted by atomic mass is 16.1. The number of ketones is 1. The van der Waals surface area contributed by atoms with Crippen molar-refractivity contribution in [1.82, 2.24) is 4.57 Å². The minimum atomic E-state index is 0.366. The van der Waals surface area contributed by atoms with E-state index in [1.54, 1.807) is 0 Å². The number of carbonyl (C=O) groups excluding carboxylic acids is 1. The maximum Gasteiger partial charge on any atom is 0.165 e. The van der Waals surface area contributed by atoms with Gasteiger partial charge in [-0.3, -0.25) is 4.79 Å². The Hall–Kier alpha value is -1.57. The van der Waals surface area contributed by atoms with Crippen molar-refractivity contribution in [3.63, 3.8) is 0 Å². The molecule has 4 rings (SSSR count). The average Bonchev–Trinajstić information content (AvgIpc) is 2.59. The second-order valence-electron chi connectivity index (χ2n) is 5.52. The molecule has 0 radical (unpaired) electrons. The second kappa shape index (κ2) is 3.71. The molecule has 2 nitrogen and oxygen atoms in total. The third-order valence-corrected chi connectivity index (χ3v) is 4.45. The standard InChI is InChI=1S/C16H17NO/c18-14-9-2-1-8-13-15(14)12-7-3-5-11-6-4-10-17(13)16(11)12/h3,5,7H,1-2,4,6,8-10H2. The Kier molecular flexibility index (Phi) is 2.14. The molecule has 1 aromatic carbocycles. The van der Waals surface area contributed by atoms with Gasteiger partial charge >= 0.3 is 0 Å². The van der Waals surface area contributed by atoms with Crippen LogP contribution >= 0.6 is 0 Å². The highest BCUT2D eigenvalue weighted by Gasteiger charge is 2.26. The van der Waals surface area contributed by atoms with Crippen molar-refractivity contribution >= 4 is 16.7 Å². The molecule has 0 saturated heterocycles. The van der Waals surface area contributed by atoms with Crippen LogP contribution in [0.1, 0.15) is 47.3 Å². The molecule has 2 heteroatoms. The van der Waals surface area contributed by atoms with Gasteiger partial charge in [0.25, 0.3) is 0 Å². The van der Waals surface area contributed by atoms with Crippen LogP contribution in [0.2, 0.25) is 0 Å². The number of hydrogen-bond acceptors (Lipinski definition) is 1. The molecular formula is C16H17NO. The van der Waals surface area contributed by atoms with E-state index in [2.05, 4.69) is 22.8 Å². The van der Waals surface area contributed by atoms with Crippen LogP contribution in [0.5, 0.6) is 0 Å². The van der Waals surface area contributed by atoms with Crippen LogP contribution in [0.3, 0.4) is 0 Å². The van der Waals surface area contributed by atoms with Crippen molar-refractivity contribution < 1.29 is 4.79 Å². The predicted molar refractivity (Wildman–Crippen MR) is 72.1 cm³/mol. The Labute approximate surface area is 107 Å². The maximum atomic E-state index is 12.4. The first kappa shape index (κ1) is 10.4. The highest BCUT2D eigenvalue weighted by molar-refractivity contribution is 6.10. The van der Waals surface area contributed by atoms with Gasteiger partial charge in [-0.05, 0) is 37.7 Å². The smallest absolute Gasteiger partial charge is 0.165 e. The van der Waals surface area contributed by atoms with E-state index >= 15 is 0 Å². The molecule has 0 fully saturated rings. The Morgan fingerprint density at radius 1 is 1.00 bits per heavy atom. The summed E-state index contributed by atoms with van der Waals surface area (Å²) in [6, 6.07) is 6.48. The largest absolute Gasteiger partial charge is 0.344 e. The monoisotopic (exact) mass is 239 g/mol. The van der Waals surface area contributed by atoms with Gasteiger partial charge in [0, 0.05) is 29.6 Å². The molecule has 1 aromatic heterocycles. The van der Waals surface area contributed by atoms with Crippen molar-refractivity contribution in [2.45, 2.75) is 45.1 Å². The van der Waals surface area contributed by atoms with Crippen LogP contribution in [-0.2, 0) is 19.4 Å². The van der Waals surface area contributed by atoms with Crippen molar-refractivity contribution in [2.75, 3.05) is 0 Å². The molecule has 1 aliphatic carbocycles. The summed E-state index contributed by atoms with van der Waals surface area (Å²) in [4.78, 5) is 12.4. The molecule has 0 spiro atoms. The molecule has 92 valence electrons. The molecule has 0 atom stereocenters. The number of Topliss-reactive ketones (excluding diaryl/α,β-unsaturated/α-hetero) is 1. The van der Waals surface area contributed by atoms with Gasteiger partial charge < -0.3 is 4.57 Å². The van der Waals surface area contributed by atoms with Gasteiger partial charge in [0.05, 0.1) is 5.52 Å². The molecule has 0 N–H and O–H groups in total. The van der Waals surface area contributed by atoms with E-state index in [9.17, 15) is 4.79 Å². The number of benzene rings is 1. The van der Waals surface area contributed by atoms with Crippen LogP contribution in [-0.4, -0.2) is 10.4 Å². The highest BCUT2D eigenvalue weighted by Crippen LogP contribution is 2.35. The zero-order chi connectivity index (χ0) is 12.1. The summed E-state index contributed by atoms with van der Waals surface area (Å²) < 4.78 is 2.44.